The topological polar surface area (TPSA) is 66.8 Å². The van der Waals surface area contributed by atoms with Crippen molar-refractivity contribution in [3.63, 3.8) is 0 Å². The number of halogens is 1. The van der Waals surface area contributed by atoms with Crippen LogP contribution in [0.4, 0.5) is 0 Å². The summed E-state index contributed by atoms with van der Waals surface area (Å²) < 4.78 is 6.01. The fourth-order valence-corrected chi connectivity index (χ4v) is 3.95. The van der Waals surface area contributed by atoms with Crippen molar-refractivity contribution in [2.24, 2.45) is 11.8 Å². The van der Waals surface area contributed by atoms with E-state index in [1.54, 1.807) is 0 Å². The van der Waals surface area contributed by atoms with E-state index in [0.29, 0.717) is 19.4 Å². The number of hydrogen-bond acceptors (Lipinski definition) is 3. The third-order valence-electron chi connectivity index (χ3n) is 5.09. The van der Waals surface area contributed by atoms with Gasteiger partial charge in [-0.3, -0.25) is 4.79 Å². The number of aryl methyl sites for hydroxylation is 2. The molecule has 0 aliphatic heterocycles. The molecule has 144 valence electrons. The Kier molecular flexibility index (Phi) is 7.98. The van der Waals surface area contributed by atoms with Gasteiger partial charge in [0.25, 0.3) is 0 Å². The maximum Gasteiger partial charge on any atom is 0.303 e. The van der Waals surface area contributed by atoms with Crippen LogP contribution < -0.4 is 4.74 Å². The quantitative estimate of drug-likeness (QED) is 0.376. The normalized spacial score (nSPS) is 25.7. The molecule has 1 aromatic carbocycles. The van der Waals surface area contributed by atoms with Gasteiger partial charge in [0.05, 0.1) is 12.7 Å². The van der Waals surface area contributed by atoms with Crippen molar-refractivity contribution in [2.75, 3.05) is 6.61 Å². The van der Waals surface area contributed by atoms with Crippen molar-refractivity contribution in [1.29, 1.82) is 0 Å². The predicted octanol–water partition coefficient (Wildman–Crippen LogP) is 4.49. The van der Waals surface area contributed by atoms with E-state index in [-0.39, 0.29) is 23.6 Å². The number of carboxylic acids is 1. The fourth-order valence-electron chi connectivity index (χ4n) is 3.48. The van der Waals surface area contributed by atoms with Gasteiger partial charge in [0, 0.05) is 17.7 Å². The van der Waals surface area contributed by atoms with E-state index in [1.165, 1.54) is 0 Å². The van der Waals surface area contributed by atoms with Gasteiger partial charge >= 0.3 is 5.97 Å². The average Bonchev–Trinajstić information content (AvgIpc) is 2.84. The van der Waals surface area contributed by atoms with Gasteiger partial charge in [-0.2, -0.15) is 0 Å². The van der Waals surface area contributed by atoms with Crippen molar-refractivity contribution < 1.29 is 19.7 Å². The molecule has 1 saturated carbocycles. The first-order valence-electron chi connectivity index (χ1n) is 9.27. The van der Waals surface area contributed by atoms with Gasteiger partial charge in [-0.1, -0.05) is 24.3 Å². The van der Waals surface area contributed by atoms with E-state index in [2.05, 4.69) is 12.1 Å². The summed E-state index contributed by atoms with van der Waals surface area (Å²) in [6.45, 7) is 4.50. The molecule has 26 heavy (non-hydrogen) atoms. The zero-order valence-corrected chi connectivity index (χ0v) is 16.3. The number of aliphatic carboxylic acids is 1. The lowest BCUT2D eigenvalue weighted by Gasteiger charge is -2.23. The number of allylic oxidation sites excluding steroid dienone is 2. The molecule has 0 unspecified atom stereocenters. The lowest BCUT2D eigenvalue weighted by Crippen LogP contribution is -2.27. The van der Waals surface area contributed by atoms with Crippen LogP contribution in [0, 0.1) is 25.7 Å². The molecule has 0 spiro atoms. The summed E-state index contributed by atoms with van der Waals surface area (Å²) in [4.78, 5) is 10.5. The molecule has 2 rings (SSSR count). The van der Waals surface area contributed by atoms with Crippen LogP contribution in [-0.2, 0) is 4.79 Å². The first-order chi connectivity index (χ1) is 12.4. The number of ether oxygens (including phenoxy) is 1. The van der Waals surface area contributed by atoms with E-state index in [0.717, 1.165) is 29.7 Å². The number of carbonyl (C=O) groups is 1. The molecule has 2 N–H and O–H groups in total. The zero-order chi connectivity index (χ0) is 19.1. The van der Waals surface area contributed by atoms with Crippen LogP contribution in [0.2, 0.25) is 0 Å². The molecule has 0 bridgehead atoms. The summed E-state index contributed by atoms with van der Waals surface area (Å²) in [7, 11) is 0. The van der Waals surface area contributed by atoms with Crippen LogP contribution in [0.15, 0.2) is 30.4 Å². The molecular formula is C21H29ClO4. The Morgan fingerprint density at radius 3 is 2.81 bits per heavy atom. The molecule has 5 heteroatoms. The number of benzene rings is 1. The monoisotopic (exact) mass is 380 g/mol. The largest absolute Gasteiger partial charge is 0.493 e. The van der Waals surface area contributed by atoms with Crippen molar-refractivity contribution in [3.8, 4) is 5.75 Å². The number of unbranched alkanes of at least 4 members (excludes halogenated alkanes) is 1. The van der Waals surface area contributed by atoms with E-state index < -0.39 is 12.1 Å². The van der Waals surface area contributed by atoms with Crippen LogP contribution >= 0.6 is 11.6 Å². The Morgan fingerprint density at radius 1 is 1.31 bits per heavy atom. The number of alkyl halides is 1. The van der Waals surface area contributed by atoms with Crippen LogP contribution in [0.1, 0.15) is 43.2 Å². The minimum absolute atomic E-state index is 0.00100. The fraction of sp³-hybridized carbons (Fsp3) is 0.571. The molecule has 1 fully saturated rings. The Bertz CT molecular complexity index is 628. The summed E-state index contributed by atoms with van der Waals surface area (Å²) in [5, 5.41) is 19.0. The molecule has 0 saturated heterocycles. The molecule has 0 aromatic heterocycles. The second kappa shape index (κ2) is 9.98. The van der Waals surface area contributed by atoms with Gasteiger partial charge in [-0.25, -0.2) is 0 Å². The van der Waals surface area contributed by atoms with Gasteiger partial charge < -0.3 is 14.9 Å². The number of carboxylic acid groups (broad SMARTS) is 1. The molecule has 4 nitrogen and oxygen atoms in total. The maximum absolute atomic E-state index is 10.5. The van der Waals surface area contributed by atoms with Crippen LogP contribution in [0.3, 0.4) is 0 Å². The SMILES string of the molecule is Cc1ccc(C)c(OC[C@@H]2[C@@H](C/C=C\CCCC(=O)O)[C@@H](Cl)C[C@H]2O)c1. The van der Waals surface area contributed by atoms with Crippen LogP contribution in [-0.4, -0.2) is 34.3 Å². The number of aliphatic hydroxyl groups is 1. The third-order valence-corrected chi connectivity index (χ3v) is 5.59. The van der Waals surface area contributed by atoms with Crippen molar-refractivity contribution in [3.05, 3.63) is 41.5 Å². The zero-order valence-electron chi connectivity index (χ0n) is 15.5. The summed E-state index contributed by atoms with van der Waals surface area (Å²) in [6.07, 6.45) is 6.56. The average molecular weight is 381 g/mol. The lowest BCUT2D eigenvalue weighted by molar-refractivity contribution is -0.137. The highest BCUT2D eigenvalue weighted by atomic mass is 35.5. The smallest absolute Gasteiger partial charge is 0.303 e. The Balaban J connectivity index is 1.89. The van der Waals surface area contributed by atoms with Gasteiger partial charge in [0.1, 0.15) is 5.75 Å². The second-order valence-corrected chi connectivity index (χ2v) is 7.78. The van der Waals surface area contributed by atoms with Gasteiger partial charge in [-0.15, -0.1) is 11.6 Å². The maximum atomic E-state index is 10.5. The molecule has 0 radical (unpaired) electrons. The standard InChI is InChI=1S/C21H29ClO4/c1-14-9-10-15(2)20(11-14)26-13-17-16(18(22)12-19(17)23)7-5-3-4-6-8-21(24)25/h3,5,9-11,16-19,23H,4,6-8,12-13H2,1-2H3,(H,24,25)/b5-3-/t16-,17-,18+,19-/m1/s1. The van der Waals surface area contributed by atoms with Gasteiger partial charge in [0.2, 0.25) is 0 Å². The summed E-state index contributed by atoms with van der Waals surface area (Å²) in [5.74, 6) is 0.258. The molecule has 1 aliphatic rings. The lowest BCUT2D eigenvalue weighted by atomic mass is 9.92. The number of rotatable bonds is 9. The highest BCUT2D eigenvalue weighted by Crippen LogP contribution is 2.39. The first kappa shape index (κ1) is 20.8. The van der Waals surface area contributed by atoms with Crippen LogP contribution in [0.25, 0.3) is 0 Å². The molecule has 4 atom stereocenters. The highest BCUT2D eigenvalue weighted by Gasteiger charge is 2.41. The van der Waals surface area contributed by atoms with Gasteiger partial charge in [0.15, 0.2) is 0 Å². The van der Waals surface area contributed by atoms with E-state index in [1.807, 2.05) is 32.1 Å². The van der Waals surface area contributed by atoms with Crippen molar-refractivity contribution >= 4 is 17.6 Å². The molecule has 0 heterocycles. The minimum Gasteiger partial charge on any atom is -0.493 e. The van der Waals surface area contributed by atoms with Crippen molar-refractivity contribution in [1.82, 2.24) is 0 Å². The number of aliphatic hydroxyl groups excluding tert-OH is 1. The number of hydrogen-bond donors (Lipinski definition) is 2. The second-order valence-electron chi connectivity index (χ2n) is 7.22. The molecule has 1 aromatic rings. The van der Waals surface area contributed by atoms with E-state index >= 15 is 0 Å². The summed E-state index contributed by atoms with van der Waals surface area (Å²) in [6, 6.07) is 6.11. The third kappa shape index (κ3) is 6.03. The summed E-state index contributed by atoms with van der Waals surface area (Å²) >= 11 is 6.46. The first-order valence-corrected chi connectivity index (χ1v) is 9.71. The van der Waals surface area contributed by atoms with E-state index in [9.17, 15) is 9.90 Å². The highest BCUT2D eigenvalue weighted by molar-refractivity contribution is 6.21. The Morgan fingerprint density at radius 2 is 2.08 bits per heavy atom. The van der Waals surface area contributed by atoms with Crippen LogP contribution in [0.5, 0.6) is 5.75 Å². The predicted molar refractivity (Wildman–Crippen MR) is 104 cm³/mol. The van der Waals surface area contributed by atoms with E-state index in [4.69, 9.17) is 21.4 Å². The molecule has 1 aliphatic carbocycles. The summed E-state index contributed by atoms with van der Waals surface area (Å²) in [5.41, 5.74) is 2.23. The van der Waals surface area contributed by atoms with Gasteiger partial charge in [-0.05, 0) is 62.6 Å². The minimum atomic E-state index is -0.762. The Labute approximate surface area is 160 Å². The molecular weight excluding hydrogens is 352 g/mol. The molecule has 0 amide bonds. The Hall–Kier alpha value is -1.52. The van der Waals surface area contributed by atoms with Crippen molar-refractivity contribution in [2.45, 2.75) is 57.4 Å².